The second kappa shape index (κ2) is 7.96. The van der Waals surface area contributed by atoms with Crippen molar-refractivity contribution < 1.29 is 23.8 Å². The first-order valence-electron chi connectivity index (χ1n) is 8.30. The highest BCUT2D eigenvalue weighted by molar-refractivity contribution is 6.04. The van der Waals surface area contributed by atoms with Crippen LogP contribution in [0.4, 0.5) is 0 Å². The Balaban J connectivity index is 1.93. The van der Waals surface area contributed by atoms with Crippen molar-refractivity contribution in [1.82, 2.24) is 9.88 Å². The number of hydrogen-bond acceptors (Lipinski definition) is 6. The summed E-state index contributed by atoms with van der Waals surface area (Å²) in [5, 5.41) is 9.40. The van der Waals surface area contributed by atoms with Gasteiger partial charge >= 0.3 is 5.76 Å². The number of carbonyl (C=O) groups is 1. The van der Waals surface area contributed by atoms with Crippen LogP contribution in [0.15, 0.2) is 45.6 Å². The van der Waals surface area contributed by atoms with Crippen molar-refractivity contribution in [3.63, 3.8) is 0 Å². The van der Waals surface area contributed by atoms with E-state index >= 15 is 0 Å². The minimum absolute atomic E-state index is 0.131. The second-order valence-corrected chi connectivity index (χ2v) is 5.83. The van der Waals surface area contributed by atoms with Gasteiger partial charge in [0.2, 0.25) is 0 Å². The summed E-state index contributed by atoms with van der Waals surface area (Å²) >= 11 is 0. The normalized spacial score (nSPS) is 10.8. The van der Waals surface area contributed by atoms with Crippen LogP contribution in [-0.2, 0) is 6.54 Å². The minimum atomic E-state index is -0.626. The molecule has 1 amide bonds. The van der Waals surface area contributed by atoms with Crippen LogP contribution in [0.3, 0.4) is 0 Å². The molecule has 0 bridgehead atoms. The molecule has 2 aromatic carbocycles. The lowest BCUT2D eigenvalue weighted by Gasteiger charge is -2.22. The lowest BCUT2D eigenvalue weighted by Crippen LogP contribution is -2.33. The van der Waals surface area contributed by atoms with Gasteiger partial charge in [-0.2, -0.15) is 0 Å². The van der Waals surface area contributed by atoms with E-state index in [0.717, 1.165) is 5.56 Å². The zero-order valence-corrected chi connectivity index (χ0v) is 15.0. The molecule has 0 unspecified atom stereocenters. The third-order valence-electron chi connectivity index (χ3n) is 4.16. The molecule has 3 rings (SSSR count). The van der Waals surface area contributed by atoms with Gasteiger partial charge in [0.05, 0.1) is 31.9 Å². The fourth-order valence-electron chi connectivity index (χ4n) is 2.89. The molecule has 8 nitrogen and oxygen atoms in total. The van der Waals surface area contributed by atoms with E-state index in [1.807, 2.05) is 6.07 Å². The van der Waals surface area contributed by atoms with Crippen molar-refractivity contribution in [3.8, 4) is 11.5 Å². The van der Waals surface area contributed by atoms with Crippen LogP contribution in [-0.4, -0.2) is 48.3 Å². The monoisotopic (exact) mass is 372 g/mol. The van der Waals surface area contributed by atoms with E-state index in [1.54, 1.807) is 37.4 Å². The molecule has 0 aliphatic rings. The average Bonchev–Trinajstić information content (AvgIpc) is 3.07. The van der Waals surface area contributed by atoms with Gasteiger partial charge in [-0.1, -0.05) is 12.1 Å². The third-order valence-corrected chi connectivity index (χ3v) is 4.16. The molecule has 0 spiro atoms. The van der Waals surface area contributed by atoms with Gasteiger partial charge < -0.3 is 23.9 Å². The Morgan fingerprint density at radius 1 is 1.19 bits per heavy atom. The van der Waals surface area contributed by atoms with Gasteiger partial charge in [0.15, 0.2) is 17.1 Å². The van der Waals surface area contributed by atoms with E-state index in [2.05, 4.69) is 4.98 Å². The first kappa shape index (κ1) is 18.5. The fourth-order valence-corrected chi connectivity index (χ4v) is 2.89. The summed E-state index contributed by atoms with van der Waals surface area (Å²) in [7, 11) is 3.08. The summed E-state index contributed by atoms with van der Waals surface area (Å²) in [6.45, 7) is 0.181. The second-order valence-electron chi connectivity index (χ2n) is 5.83. The molecule has 8 heteroatoms. The minimum Gasteiger partial charge on any atom is -0.493 e. The predicted octanol–water partition coefficient (Wildman–Crippen LogP) is 1.77. The van der Waals surface area contributed by atoms with Crippen LogP contribution in [0, 0.1) is 0 Å². The van der Waals surface area contributed by atoms with Crippen LogP contribution in [0.2, 0.25) is 0 Å². The number of para-hydroxylation sites is 1. The molecule has 0 aliphatic heterocycles. The number of oxazole rings is 1. The van der Waals surface area contributed by atoms with Crippen molar-refractivity contribution in [2.75, 3.05) is 27.4 Å². The molecule has 0 fully saturated rings. The topological polar surface area (TPSA) is 105 Å². The summed E-state index contributed by atoms with van der Waals surface area (Å²) in [4.78, 5) is 28.5. The maximum atomic E-state index is 13.0. The first-order chi connectivity index (χ1) is 13.1. The molecular formula is C19H20N2O6. The van der Waals surface area contributed by atoms with E-state index in [-0.39, 0.29) is 25.6 Å². The van der Waals surface area contributed by atoms with E-state index in [1.165, 1.54) is 12.0 Å². The Bertz CT molecular complexity index is 1010. The Morgan fingerprint density at radius 2 is 1.96 bits per heavy atom. The molecule has 0 aliphatic carbocycles. The average molecular weight is 372 g/mol. The van der Waals surface area contributed by atoms with Crippen LogP contribution >= 0.6 is 0 Å². The number of ether oxygens (including phenoxy) is 2. The number of benzene rings is 2. The molecule has 142 valence electrons. The van der Waals surface area contributed by atoms with Crippen molar-refractivity contribution in [3.05, 3.63) is 58.1 Å². The van der Waals surface area contributed by atoms with Gasteiger partial charge in [0, 0.05) is 13.1 Å². The smallest absolute Gasteiger partial charge is 0.417 e. The number of aliphatic hydroxyl groups excluding tert-OH is 1. The van der Waals surface area contributed by atoms with E-state index < -0.39 is 5.76 Å². The number of amides is 1. The number of nitrogens with one attached hydrogen (secondary N) is 1. The Morgan fingerprint density at radius 3 is 2.67 bits per heavy atom. The van der Waals surface area contributed by atoms with Crippen LogP contribution < -0.4 is 15.2 Å². The maximum Gasteiger partial charge on any atom is 0.417 e. The molecule has 0 saturated carbocycles. The standard InChI is InChI=1S/C19H20N2O6/c1-25-14-7-6-12(10-16(14)26-2)11-21(8-9-22)18(23)13-4-3-5-15-17(13)20-19(24)27-15/h3-7,10,22H,8-9,11H2,1-2H3,(H,20,24). The maximum absolute atomic E-state index is 13.0. The summed E-state index contributed by atoms with van der Waals surface area (Å²) in [6, 6.07) is 10.2. The number of rotatable bonds is 7. The summed E-state index contributed by atoms with van der Waals surface area (Å²) in [5.74, 6) is 0.176. The predicted molar refractivity (Wildman–Crippen MR) is 98.2 cm³/mol. The SMILES string of the molecule is COc1ccc(CN(CCO)C(=O)c2cccc3oc(=O)[nH]c23)cc1OC. The number of nitrogens with zero attached hydrogens (tertiary/aromatic N) is 1. The Labute approximate surface area is 154 Å². The molecule has 3 aromatic rings. The summed E-state index contributed by atoms with van der Waals surface area (Å²) < 4.78 is 15.5. The van der Waals surface area contributed by atoms with Gasteiger partial charge in [-0.05, 0) is 29.8 Å². The molecule has 0 atom stereocenters. The largest absolute Gasteiger partial charge is 0.493 e. The molecule has 0 radical (unpaired) electrons. The van der Waals surface area contributed by atoms with Crippen LogP contribution in [0.5, 0.6) is 11.5 Å². The third kappa shape index (κ3) is 3.80. The number of carbonyl (C=O) groups excluding carboxylic acids is 1. The number of aromatic amines is 1. The van der Waals surface area contributed by atoms with Gasteiger partial charge in [-0.3, -0.25) is 9.78 Å². The van der Waals surface area contributed by atoms with Crippen molar-refractivity contribution in [1.29, 1.82) is 0 Å². The highest BCUT2D eigenvalue weighted by Crippen LogP contribution is 2.28. The summed E-state index contributed by atoms with van der Waals surface area (Å²) in [6.07, 6.45) is 0. The fraction of sp³-hybridized carbons (Fsp3) is 0.263. The molecule has 27 heavy (non-hydrogen) atoms. The van der Waals surface area contributed by atoms with Gasteiger partial charge in [-0.25, -0.2) is 4.79 Å². The number of hydrogen-bond donors (Lipinski definition) is 2. The van der Waals surface area contributed by atoms with Crippen molar-refractivity contribution >= 4 is 17.0 Å². The van der Waals surface area contributed by atoms with Gasteiger partial charge in [0.25, 0.3) is 5.91 Å². The molecule has 0 saturated heterocycles. The molecule has 2 N–H and O–H groups in total. The van der Waals surface area contributed by atoms with E-state index in [0.29, 0.717) is 28.2 Å². The Kier molecular flexibility index (Phi) is 5.46. The lowest BCUT2D eigenvalue weighted by atomic mass is 10.1. The number of aromatic nitrogens is 1. The molecule has 1 aromatic heterocycles. The van der Waals surface area contributed by atoms with Gasteiger partial charge in [-0.15, -0.1) is 0 Å². The number of aliphatic hydroxyl groups is 1. The lowest BCUT2D eigenvalue weighted by molar-refractivity contribution is 0.0709. The first-order valence-corrected chi connectivity index (χ1v) is 8.30. The van der Waals surface area contributed by atoms with Crippen LogP contribution in [0.25, 0.3) is 11.1 Å². The van der Waals surface area contributed by atoms with Gasteiger partial charge in [0.1, 0.15) is 0 Å². The Hall–Kier alpha value is -3.26. The number of fused-ring (bicyclic) bond motifs is 1. The van der Waals surface area contributed by atoms with Crippen molar-refractivity contribution in [2.45, 2.75) is 6.54 Å². The van der Waals surface area contributed by atoms with E-state index in [4.69, 9.17) is 13.9 Å². The van der Waals surface area contributed by atoms with Crippen molar-refractivity contribution in [2.24, 2.45) is 0 Å². The quantitative estimate of drug-likeness (QED) is 0.655. The zero-order chi connectivity index (χ0) is 19.4. The van der Waals surface area contributed by atoms with E-state index in [9.17, 15) is 14.7 Å². The highest BCUT2D eigenvalue weighted by Gasteiger charge is 2.20. The van der Waals surface area contributed by atoms with Crippen LogP contribution in [0.1, 0.15) is 15.9 Å². The number of H-pyrrole nitrogens is 1. The molecular weight excluding hydrogens is 352 g/mol. The highest BCUT2D eigenvalue weighted by atomic mass is 16.5. The zero-order valence-electron chi connectivity index (χ0n) is 15.0. The number of methoxy groups -OCH3 is 2. The summed E-state index contributed by atoms with van der Waals surface area (Å²) in [5.41, 5.74) is 1.75. The molecule has 1 heterocycles.